The van der Waals surface area contributed by atoms with Crippen LogP contribution in [0, 0.1) is 0 Å². The average molecular weight is 549 g/mol. The SMILES string of the molecule is CCc1nc2cccc3c4cccc(-c5ccc(-c6c7ccccc7c(-c7ccccc7)c7ccccc67)cc5)c4n1c23. The van der Waals surface area contributed by atoms with Gasteiger partial charge in [-0.3, -0.25) is 4.40 Å². The van der Waals surface area contributed by atoms with Crippen LogP contribution in [-0.2, 0) is 6.42 Å². The van der Waals surface area contributed by atoms with Crippen LogP contribution in [0.2, 0.25) is 0 Å². The van der Waals surface area contributed by atoms with Gasteiger partial charge in [-0.05, 0) is 55.4 Å². The number of aryl methyl sites for hydroxylation is 1. The molecule has 0 bridgehead atoms. The minimum absolute atomic E-state index is 0.889. The van der Waals surface area contributed by atoms with E-state index >= 15 is 0 Å². The van der Waals surface area contributed by atoms with Crippen LogP contribution < -0.4 is 0 Å². The zero-order chi connectivity index (χ0) is 28.5. The van der Waals surface area contributed by atoms with Crippen LogP contribution in [0.25, 0.3) is 82.2 Å². The average Bonchev–Trinajstić information content (AvgIpc) is 3.63. The molecule has 43 heavy (non-hydrogen) atoms. The highest BCUT2D eigenvalue weighted by Gasteiger charge is 2.20. The minimum Gasteiger partial charge on any atom is -0.294 e. The molecule has 0 saturated heterocycles. The first-order valence-electron chi connectivity index (χ1n) is 15.1. The molecule has 0 aliphatic rings. The van der Waals surface area contributed by atoms with E-state index in [4.69, 9.17) is 4.98 Å². The monoisotopic (exact) mass is 548 g/mol. The van der Waals surface area contributed by atoms with E-state index in [2.05, 4.69) is 151 Å². The summed E-state index contributed by atoms with van der Waals surface area (Å²) in [5, 5.41) is 7.67. The van der Waals surface area contributed by atoms with E-state index in [0.717, 1.165) is 17.8 Å². The Kier molecular flexibility index (Phi) is 5.21. The Hall–Kier alpha value is -5.47. The molecule has 0 atom stereocenters. The molecule has 2 heteroatoms. The second-order valence-electron chi connectivity index (χ2n) is 11.4. The minimum atomic E-state index is 0.889. The number of imidazole rings is 1. The Morgan fingerprint density at radius 3 is 1.53 bits per heavy atom. The van der Waals surface area contributed by atoms with Crippen molar-refractivity contribution in [1.29, 1.82) is 0 Å². The second kappa shape index (κ2) is 9.27. The van der Waals surface area contributed by atoms with E-state index in [0.29, 0.717) is 0 Å². The predicted octanol–water partition coefficient (Wildman–Crippen LogP) is 10.9. The molecule has 0 saturated carbocycles. The molecular weight excluding hydrogens is 520 g/mol. The largest absolute Gasteiger partial charge is 0.294 e. The predicted molar refractivity (Wildman–Crippen MR) is 182 cm³/mol. The van der Waals surface area contributed by atoms with Gasteiger partial charge >= 0.3 is 0 Å². The molecule has 0 aliphatic heterocycles. The van der Waals surface area contributed by atoms with Crippen molar-refractivity contribution in [3.05, 3.63) is 145 Å². The van der Waals surface area contributed by atoms with E-state index in [1.165, 1.54) is 76.7 Å². The maximum absolute atomic E-state index is 4.98. The third-order valence-electron chi connectivity index (χ3n) is 9.09. The molecule has 2 heterocycles. The number of benzene rings is 7. The first-order valence-corrected chi connectivity index (χ1v) is 15.1. The molecule has 0 radical (unpaired) electrons. The van der Waals surface area contributed by atoms with Gasteiger partial charge in [-0.15, -0.1) is 0 Å². The highest BCUT2D eigenvalue weighted by molar-refractivity contribution is 6.21. The Morgan fingerprint density at radius 2 is 0.930 bits per heavy atom. The Balaban J connectivity index is 1.28. The van der Waals surface area contributed by atoms with Crippen molar-refractivity contribution in [2.45, 2.75) is 13.3 Å². The summed E-state index contributed by atoms with van der Waals surface area (Å²) < 4.78 is 2.40. The third kappa shape index (κ3) is 3.44. The molecule has 0 unspecified atom stereocenters. The molecule has 0 N–H and O–H groups in total. The molecule has 2 nitrogen and oxygen atoms in total. The highest BCUT2D eigenvalue weighted by atomic mass is 15.0. The summed E-state index contributed by atoms with van der Waals surface area (Å²) in [6, 6.07) is 50.9. The Bertz CT molecular complexity index is 2410. The number of hydrogen-bond acceptors (Lipinski definition) is 1. The van der Waals surface area contributed by atoms with Gasteiger partial charge < -0.3 is 0 Å². The number of nitrogens with zero attached hydrogens (tertiary/aromatic N) is 2. The van der Waals surface area contributed by atoms with Crippen molar-refractivity contribution in [2.24, 2.45) is 0 Å². The molecule has 0 spiro atoms. The van der Waals surface area contributed by atoms with Gasteiger partial charge in [0.05, 0.1) is 16.6 Å². The van der Waals surface area contributed by atoms with E-state index < -0.39 is 0 Å². The molecule has 0 fully saturated rings. The van der Waals surface area contributed by atoms with Crippen molar-refractivity contribution in [3.63, 3.8) is 0 Å². The molecule has 7 aromatic carbocycles. The van der Waals surface area contributed by atoms with Crippen molar-refractivity contribution in [1.82, 2.24) is 9.38 Å². The van der Waals surface area contributed by atoms with Crippen LogP contribution in [0.15, 0.2) is 140 Å². The number of para-hydroxylation sites is 2. The summed E-state index contributed by atoms with van der Waals surface area (Å²) in [5.41, 5.74) is 11.1. The molecule has 202 valence electrons. The van der Waals surface area contributed by atoms with Crippen LogP contribution >= 0.6 is 0 Å². The van der Waals surface area contributed by atoms with Crippen LogP contribution in [0.1, 0.15) is 12.7 Å². The van der Waals surface area contributed by atoms with Crippen LogP contribution in [-0.4, -0.2) is 9.38 Å². The van der Waals surface area contributed by atoms with Gasteiger partial charge in [0.2, 0.25) is 0 Å². The smallest absolute Gasteiger partial charge is 0.114 e. The van der Waals surface area contributed by atoms with Crippen molar-refractivity contribution in [3.8, 4) is 33.4 Å². The zero-order valence-electron chi connectivity index (χ0n) is 23.9. The van der Waals surface area contributed by atoms with Crippen molar-refractivity contribution < 1.29 is 0 Å². The Morgan fingerprint density at radius 1 is 0.442 bits per heavy atom. The summed E-state index contributed by atoms with van der Waals surface area (Å²) >= 11 is 0. The maximum Gasteiger partial charge on any atom is 0.114 e. The Labute approximate surface area is 249 Å². The molecule has 9 rings (SSSR count). The van der Waals surface area contributed by atoms with Gasteiger partial charge in [0, 0.05) is 22.8 Å². The lowest BCUT2D eigenvalue weighted by Crippen LogP contribution is -1.93. The lowest BCUT2D eigenvalue weighted by atomic mass is 9.85. The molecule has 2 aromatic heterocycles. The van der Waals surface area contributed by atoms with Crippen LogP contribution in [0.4, 0.5) is 0 Å². The van der Waals surface area contributed by atoms with E-state index in [9.17, 15) is 0 Å². The summed E-state index contributed by atoms with van der Waals surface area (Å²) in [7, 11) is 0. The fourth-order valence-corrected chi connectivity index (χ4v) is 7.28. The first kappa shape index (κ1) is 24.2. The van der Waals surface area contributed by atoms with E-state index in [1.54, 1.807) is 0 Å². The number of aromatic nitrogens is 2. The molecule has 0 aliphatic carbocycles. The third-order valence-corrected chi connectivity index (χ3v) is 9.09. The van der Waals surface area contributed by atoms with Gasteiger partial charge in [-0.1, -0.05) is 140 Å². The molecular formula is C41H28N2. The van der Waals surface area contributed by atoms with E-state index in [1.807, 2.05) is 0 Å². The fraction of sp³-hybridized carbons (Fsp3) is 0.0488. The lowest BCUT2D eigenvalue weighted by Gasteiger charge is -2.18. The van der Waals surface area contributed by atoms with E-state index in [-0.39, 0.29) is 0 Å². The van der Waals surface area contributed by atoms with Crippen LogP contribution in [0.3, 0.4) is 0 Å². The van der Waals surface area contributed by atoms with Crippen LogP contribution in [0.5, 0.6) is 0 Å². The fourth-order valence-electron chi connectivity index (χ4n) is 7.28. The normalized spacial score (nSPS) is 11.9. The van der Waals surface area contributed by atoms with Crippen molar-refractivity contribution in [2.75, 3.05) is 0 Å². The highest BCUT2D eigenvalue weighted by Crippen LogP contribution is 2.44. The standard InChI is InChI=1S/C41H28N2/c1-2-37-42-36-21-11-20-35-34-19-10-18-29(40(34)43(37)41(35)36)26-22-24-28(25-23-26)39-32-16-8-6-14-30(32)38(27-12-4-3-5-13-27)31-15-7-9-17-33(31)39/h3-25H,2H2,1H3. The second-order valence-corrected chi connectivity index (χ2v) is 11.4. The van der Waals surface area contributed by atoms with Gasteiger partial charge in [0.25, 0.3) is 0 Å². The lowest BCUT2D eigenvalue weighted by molar-refractivity contribution is 0.961. The van der Waals surface area contributed by atoms with Gasteiger partial charge in [0.1, 0.15) is 5.82 Å². The number of fused-ring (bicyclic) bond motifs is 5. The number of rotatable bonds is 4. The zero-order valence-corrected chi connectivity index (χ0v) is 23.9. The maximum atomic E-state index is 4.98. The summed E-state index contributed by atoms with van der Waals surface area (Å²) in [6.45, 7) is 2.19. The quantitative estimate of drug-likeness (QED) is 0.200. The van der Waals surface area contributed by atoms with Crippen molar-refractivity contribution >= 4 is 48.9 Å². The summed E-state index contributed by atoms with van der Waals surface area (Å²) in [4.78, 5) is 4.98. The molecule has 9 aromatic rings. The topological polar surface area (TPSA) is 17.3 Å². The number of hydrogen-bond donors (Lipinski definition) is 0. The summed E-state index contributed by atoms with van der Waals surface area (Å²) in [6.07, 6.45) is 0.889. The molecule has 0 amide bonds. The van der Waals surface area contributed by atoms with Gasteiger partial charge in [0.15, 0.2) is 0 Å². The van der Waals surface area contributed by atoms with Gasteiger partial charge in [-0.2, -0.15) is 0 Å². The first-order chi connectivity index (χ1) is 21.3. The van der Waals surface area contributed by atoms with Gasteiger partial charge in [-0.25, -0.2) is 4.98 Å². The summed E-state index contributed by atoms with van der Waals surface area (Å²) in [5.74, 6) is 1.11.